The summed E-state index contributed by atoms with van der Waals surface area (Å²) in [7, 11) is 5.53. The number of carbonyl (C=O) groups is 1. The Labute approximate surface area is 188 Å². The van der Waals surface area contributed by atoms with E-state index in [0.29, 0.717) is 15.9 Å². The number of amides is 2. The number of halogens is 2. The third-order valence-electron chi connectivity index (χ3n) is 5.73. The lowest BCUT2D eigenvalue weighted by molar-refractivity contribution is 0.146. The number of nitrogens with one attached hydrogen (secondary N) is 1. The molecular weight excluding hydrogens is 423 g/mol. The Balaban J connectivity index is 1.72. The lowest BCUT2D eigenvalue weighted by Gasteiger charge is -2.35. The summed E-state index contributed by atoms with van der Waals surface area (Å²) in [5, 5.41) is 3.91. The summed E-state index contributed by atoms with van der Waals surface area (Å²) in [5.74, 6) is 0.530. The van der Waals surface area contributed by atoms with E-state index in [9.17, 15) is 4.79 Å². The Morgan fingerprint density at radius 1 is 1.23 bits per heavy atom. The number of aromatic nitrogens is 1. The fourth-order valence-electron chi connectivity index (χ4n) is 3.69. The molecule has 162 valence electrons. The molecule has 0 radical (unpaired) electrons. The van der Waals surface area contributed by atoms with Crippen molar-refractivity contribution >= 4 is 29.2 Å². The number of ether oxygens (including phenoxy) is 1. The first-order valence-corrected chi connectivity index (χ1v) is 10.8. The minimum atomic E-state index is -0.278. The van der Waals surface area contributed by atoms with Crippen LogP contribution >= 0.6 is 23.2 Å². The van der Waals surface area contributed by atoms with Gasteiger partial charge in [-0.2, -0.15) is 0 Å². The number of rotatable bonds is 5. The SMILES string of the molecule is COc1ccc(-c2ccc(C(C)NC(=O)N(C)C3CCN(C)CC3)c(Cl)c2Cl)cn1. The molecule has 30 heavy (non-hydrogen) atoms. The number of methoxy groups -OCH3 is 1. The van der Waals surface area contributed by atoms with E-state index in [2.05, 4.69) is 22.2 Å². The molecule has 1 atom stereocenters. The highest BCUT2D eigenvalue weighted by Gasteiger charge is 2.25. The molecule has 0 saturated carbocycles. The molecule has 3 rings (SSSR count). The van der Waals surface area contributed by atoms with Crippen molar-refractivity contribution in [1.29, 1.82) is 0 Å². The third kappa shape index (κ3) is 4.99. The molecular formula is C22H28Cl2N4O2. The second kappa shape index (κ2) is 9.86. The van der Waals surface area contributed by atoms with E-state index in [-0.39, 0.29) is 18.1 Å². The van der Waals surface area contributed by atoms with E-state index in [1.165, 1.54) is 0 Å². The maximum atomic E-state index is 12.8. The van der Waals surface area contributed by atoms with Gasteiger partial charge in [-0.05, 0) is 51.5 Å². The van der Waals surface area contributed by atoms with Crippen molar-refractivity contribution in [2.45, 2.75) is 31.8 Å². The minimum absolute atomic E-state index is 0.104. The maximum absolute atomic E-state index is 12.8. The van der Waals surface area contributed by atoms with Gasteiger partial charge in [-0.25, -0.2) is 9.78 Å². The Bertz CT molecular complexity index is 883. The molecule has 2 amide bonds. The van der Waals surface area contributed by atoms with Crippen molar-refractivity contribution in [2.24, 2.45) is 0 Å². The smallest absolute Gasteiger partial charge is 0.317 e. The topological polar surface area (TPSA) is 57.7 Å². The molecule has 1 N–H and O–H groups in total. The van der Waals surface area contributed by atoms with E-state index >= 15 is 0 Å². The summed E-state index contributed by atoms with van der Waals surface area (Å²) in [4.78, 5) is 21.1. The van der Waals surface area contributed by atoms with Crippen LogP contribution in [0.15, 0.2) is 30.5 Å². The van der Waals surface area contributed by atoms with Gasteiger partial charge in [0.1, 0.15) is 0 Å². The van der Waals surface area contributed by atoms with Crippen LogP contribution in [0.2, 0.25) is 10.0 Å². The Morgan fingerprint density at radius 2 is 1.93 bits per heavy atom. The number of piperidine rings is 1. The van der Waals surface area contributed by atoms with Gasteiger partial charge in [0.2, 0.25) is 5.88 Å². The molecule has 6 nitrogen and oxygen atoms in total. The number of pyridine rings is 1. The molecule has 1 aliphatic heterocycles. The number of hydrogen-bond acceptors (Lipinski definition) is 4. The molecule has 1 aliphatic rings. The second-order valence-corrected chi connectivity index (χ2v) is 8.49. The maximum Gasteiger partial charge on any atom is 0.317 e. The van der Waals surface area contributed by atoms with Crippen LogP contribution in [0.3, 0.4) is 0 Å². The van der Waals surface area contributed by atoms with Gasteiger partial charge in [-0.1, -0.05) is 35.3 Å². The molecule has 1 fully saturated rings. The predicted molar refractivity (Wildman–Crippen MR) is 121 cm³/mol. The highest BCUT2D eigenvalue weighted by atomic mass is 35.5. The van der Waals surface area contributed by atoms with E-state index < -0.39 is 0 Å². The van der Waals surface area contributed by atoms with Crippen LogP contribution in [-0.2, 0) is 0 Å². The molecule has 1 unspecified atom stereocenters. The van der Waals surface area contributed by atoms with Crippen LogP contribution in [0, 0.1) is 0 Å². The lowest BCUT2D eigenvalue weighted by atomic mass is 10.0. The summed E-state index contributed by atoms with van der Waals surface area (Å²) in [6, 6.07) is 7.31. The van der Waals surface area contributed by atoms with E-state index in [1.807, 2.05) is 32.2 Å². The molecule has 1 aromatic heterocycles. The normalized spacial score (nSPS) is 16.2. The zero-order valence-corrected chi connectivity index (χ0v) is 19.3. The highest BCUT2D eigenvalue weighted by Crippen LogP contribution is 2.38. The van der Waals surface area contributed by atoms with Gasteiger partial charge in [0, 0.05) is 36.5 Å². The molecule has 8 heteroatoms. The molecule has 2 heterocycles. The zero-order chi connectivity index (χ0) is 21.8. The Morgan fingerprint density at radius 3 is 2.53 bits per heavy atom. The van der Waals surface area contributed by atoms with Crippen molar-refractivity contribution in [3.8, 4) is 17.0 Å². The summed E-state index contributed by atoms with van der Waals surface area (Å²) in [6.07, 6.45) is 3.65. The van der Waals surface area contributed by atoms with Gasteiger partial charge >= 0.3 is 6.03 Å². The van der Waals surface area contributed by atoms with Crippen molar-refractivity contribution < 1.29 is 9.53 Å². The quantitative estimate of drug-likeness (QED) is 0.706. The number of benzene rings is 1. The fourth-order valence-corrected chi connectivity index (χ4v) is 4.30. The van der Waals surface area contributed by atoms with E-state index in [4.69, 9.17) is 27.9 Å². The molecule has 0 bridgehead atoms. The number of nitrogens with zero attached hydrogens (tertiary/aromatic N) is 3. The second-order valence-electron chi connectivity index (χ2n) is 7.74. The van der Waals surface area contributed by atoms with Crippen LogP contribution < -0.4 is 10.1 Å². The van der Waals surface area contributed by atoms with E-state index in [0.717, 1.165) is 42.6 Å². The van der Waals surface area contributed by atoms with Crippen molar-refractivity contribution in [1.82, 2.24) is 20.1 Å². The Kier molecular flexibility index (Phi) is 7.45. The van der Waals surface area contributed by atoms with Crippen LogP contribution in [0.25, 0.3) is 11.1 Å². The van der Waals surface area contributed by atoms with Gasteiger partial charge in [0.05, 0.1) is 23.2 Å². The average Bonchev–Trinajstić information content (AvgIpc) is 2.75. The lowest BCUT2D eigenvalue weighted by Crippen LogP contribution is -2.48. The average molecular weight is 451 g/mol. The third-order valence-corrected chi connectivity index (χ3v) is 6.63. The van der Waals surface area contributed by atoms with Crippen LogP contribution in [0.4, 0.5) is 4.79 Å². The number of carbonyl (C=O) groups excluding carboxylic acids is 1. The molecule has 1 aromatic carbocycles. The number of likely N-dealkylation sites (tertiary alicyclic amines) is 1. The molecule has 0 aliphatic carbocycles. The van der Waals surface area contributed by atoms with Crippen molar-refractivity contribution in [2.75, 3.05) is 34.3 Å². The van der Waals surface area contributed by atoms with E-state index in [1.54, 1.807) is 24.3 Å². The summed E-state index contributed by atoms with van der Waals surface area (Å²) < 4.78 is 5.10. The highest BCUT2D eigenvalue weighted by molar-refractivity contribution is 6.44. The van der Waals surface area contributed by atoms with Crippen LogP contribution in [0.1, 0.15) is 31.4 Å². The largest absolute Gasteiger partial charge is 0.481 e. The van der Waals surface area contributed by atoms with Crippen LogP contribution in [0.5, 0.6) is 5.88 Å². The minimum Gasteiger partial charge on any atom is -0.481 e. The van der Waals surface area contributed by atoms with Gasteiger partial charge in [0.25, 0.3) is 0 Å². The summed E-state index contributed by atoms with van der Waals surface area (Å²) in [6.45, 7) is 3.91. The summed E-state index contributed by atoms with van der Waals surface area (Å²) in [5.41, 5.74) is 2.40. The van der Waals surface area contributed by atoms with Gasteiger partial charge < -0.3 is 19.9 Å². The fraction of sp³-hybridized carbons (Fsp3) is 0.455. The molecule has 0 spiro atoms. The zero-order valence-electron chi connectivity index (χ0n) is 17.8. The number of urea groups is 1. The first kappa shape index (κ1) is 22.7. The first-order valence-electron chi connectivity index (χ1n) is 10.0. The van der Waals surface area contributed by atoms with Crippen molar-refractivity contribution in [3.63, 3.8) is 0 Å². The standard InChI is InChI=1S/C22H28Cl2N4O2/c1-14(26-22(29)28(3)16-9-11-27(2)12-10-16)17-6-7-18(21(24)20(17)23)15-5-8-19(30-4)25-13-15/h5-8,13-14,16H,9-12H2,1-4H3,(H,26,29). The predicted octanol–water partition coefficient (Wildman–Crippen LogP) is 4.86. The molecule has 1 saturated heterocycles. The van der Waals surface area contributed by atoms with Gasteiger partial charge in [-0.3, -0.25) is 0 Å². The molecule has 2 aromatic rings. The van der Waals surface area contributed by atoms with Gasteiger partial charge in [-0.15, -0.1) is 0 Å². The van der Waals surface area contributed by atoms with Gasteiger partial charge in [0.15, 0.2) is 0 Å². The summed E-state index contributed by atoms with van der Waals surface area (Å²) >= 11 is 13.1. The van der Waals surface area contributed by atoms with Crippen LogP contribution in [-0.4, -0.2) is 61.2 Å². The first-order chi connectivity index (χ1) is 14.3. The Hall–Kier alpha value is -2.02. The number of hydrogen-bond donors (Lipinski definition) is 1. The monoisotopic (exact) mass is 450 g/mol. The van der Waals surface area contributed by atoms with Crippen molar-refractivity contribution in [3.05, 3.63) is 46.1 Å².